The first-order valence-corrected chi connectivity index (χ1v) is 5.57. The molecule has 0 bridgehead atoms. The van der Waals surface area contributed by atoms with Crippen LogP contribution < -0.4 is 0 Å². The molecule has 16 heavy (non-hydrogen) atoms. The Balaban J connectivity index is 2.32. The van der Waals surface area contributed by atoms with E-state index < -0.39 is 11.5 Å². The van der Waals surface area contributed by atoms with Gasteiger partial charge in [-0.2, -0.15) is 0 Å². The molecule has 2 rings (SSSR count). The molecular formula is C10H16N4O2. The van der Waals surface area contributed by atoms with Gasteiger partial charge in [0.1, 0.15) is 0 Å². The first-order valence-electron chi connectivity index (χ1n) is 5.57. The van der Waals surface area contributed by atoms with Gasteiger partial charge in [0.15, 0.2) is 11.4 Å². The van der Waals surface area contributed by atoms with Gasteiger partial charge in [0.2, 0.25) is 0 Å². The summed E-state index contributed by atoms with van der Waals surface area (Å²) in [7, 11) is 0. The maximum atomic E-state index is 11.3. The Morgan fingerprint density at radius 2 is 2.25 bits per heavy atom. The zero-order valence-electron chi connectivity index (χ0n) is 9.55. The molecule has 0 spiro atoms. The van der Waals surface area contributed by atoms with E-state index in [2.05, 4.69) is 29.4 Å². The lowest BCUT2D eigenvalue weighted by Gasteiger charge is -2.37. The third kappa shape index (κ3) is 1.58. The minimum atomic E-state index is -0.881. The van der Waals surface area contributed by atoms with E-state index in [0.29, 0.717) is 31.0 Å². The number of carboxylic acid groups (broad SMARTS) is 1. The van der Waals surface area contributed by atoms with Gasteiger partial charge in [-0.15, -0.1) is 5.10 Å². The predicted molar refractivity (Wildman–Crippen MR) is 55.8 cm³/mol. The second-order valence-electron chi connectivity index (χ2n) is 4.80. The van der Waals surface area contributed by atoms with Crippen LogP contribution in [0.1, 0.15) is 38.9 Å². The van der Waals surface area contributed by atoms with Gasteiger partial charge in [-0.3, -0.25) is 0 Å². The summed E-state index contributed by atoms with van der Waals surface area (Å²) in [6, 6.07) is 0. The molecule has 0 aromatic carbocycles. The Bertz CT molecular complexity index is 395. The number of rotatable bonds is 4. The number of hydrogen-bond donors (Lipinski definition) is 1. The van der Waals surface area contributed by atoms with Gasteiger partial charge in [0, 0.05) is 6.42 Å². The molecule has 0 aliphatic heterocycles. The molecule has 0 radical (unpaired) electrons. The Morgan fingerprint density at radius 1 is 1.56 bits per heavy atom. The predicted octanol–water partition coefficient (Wildman–Crippen LogP) is 0.835. The standard InChI is InChI=1S/C10H16N4O2/c1-7(2)6-8-11-12-13-14(8)10(9(15)16)4-3-5-10/h7H,3-6H2,1-2H3,(H,15,16). The van der Waals surface area contributed by atoms with Crippen LogP contribution in [0.15, 0.2) is 0 Å². The molecule has 0 saturated heterocycles. The van der Waals surface area contributed by atoms with E-state index in [1.807, 2.05) is 0 Å². The normalized spacial score (nSPS) is 18.4. The van der Waals surface area contributed by atoms with Gasteiger partial charge in [-0.1, -0.05) is 13.8 Å². The second-order valence-corrected chi connectivity index (χ2v) is 4.80. The molecule has 88 valence electrons. The summed E-state index contributed by atoms with van der Waals surface area (Å²) in [5.41, 5.74) is -0.881. The van der Waals surface area contributed by atoms with E-state index in [-0.39, 0.29) is 0 Å². The van der Waals surface area contributed by atoms with Crippen LogP contribution in [0.5, 0.6) is 0 Å². The number of aromatic nitrogens is 4. The van der Waals surface area contributed by atoms with Gasteiger partial charge in [-0.05, 0) is 35.6 Å². The van der Waals surface area contributed by atoms with Crippen molar-refractivity contribution in [2.75, 3.05) is 0 Å². The quantitative estimate of drug-likeness (QED) is 0.819. The molecule has 1 N–H and O–H groups in total. The van der Waals surface area contributed by atoms with Crippen molar-refractivity contribution in [3.05, 3.63) is 5.82 Å². The summed E-state index contributed by atoms with van der Waals surface area (Å²) in [5, 5.41) is 20.7. The fraction of sp³-hybridized carbons (Fsp3) is 0.800. The zero-order valence-corrected chi connectivity index (χ0v) is 9.55. The number of hydrogen-bond acceptors (Lipinski definition) is 4. The van der Waals surface area contributed by atoms with Crippen molar-refractivity contribution in [2.45, 2.75) is 45.1 Å². The van der Waals surface area contributed by atoms with Gasteiger partial charge in [0.25, 0.3) is 0 Å². The number of carbonyl (C=O) groups is 1. The van der Waals surface area contributed by atoms with Crippen molar-refractivity contribution >= 4 is 5.97 Å². The van der Waals surface area contributed by atoms with Crippen LogP contribution in [-0.2, 0) is 16.8 Å². The SMILES string of the molecule is CC(C)Cc1nnnn1C1(C(=O)O)CCC1. The lowest BCUT2D eigenvalue weighted by Crippen LogP contribution is -2.49. The monoisotopic (exact) mass is 224 g/mol. The molecular weight excluding hydrogens is 208 g/mol. The Kier molecular flexibility index (Phi) is 2.65. The summed E-state index contributed by atoms with van der Waals surface area (Å²) in [6.45, 7) is 4.13. The highest BCUT2D eigenvalue weighted by Crippen LogP contribution is 2.39. The van der Waals surface area contributed by atoms with Gasteiger partial charge < -0.3 is 5.11 Å². The third-order valence-corrected chi connectivity index (χ3v) is 3.11. The van der Waals surface area contributed by atoms with Gasteiger partial charge in [0.05, 0.1) is 0 Å². The molecule has 6 heteroatoms. The first kappa shape index (κ1) is 11.0. The number of carboxylic acids is 1. The third-order valence-electron chi connectivity index (χ3n) is 3.11. The topological polar surface area (TPSA) is 80.9 Å². The molecule has 1 aromatic rings. The highest BCUT2D eigenvalue weighted by molar-refractivity contribution is 5.77. The Labute approximate surface area is 93.6 Å². The van der Waals surface area contributed by atoms with E-state index in [4.69, 9.17) is 0 Å². The van der Waals surface area contributed by atoms with Crippen molar-refractivity contribution in [1.82, 2.24) is 20.2 Å². The van der Waals surface area contributed by atoms with Gasteiger partial charge in [-0.25, -0.2) is 9.48 Å². The van der Waals surface area contributed by atoms with Crippen molar-refractivity contribution in [1.29, 1.82) is 0 Å². The van der Waals surface area contributed by atoms with Crippen LogP contribution in [0.25, 0.3) is 0 Å². The second kappa shape index (κ2) is 3.84. The minimum Gasteiger partial charge on any atom is -0.479 e. The number of nitrogens with zero attached hydrogens (tertiary/aromatic N) is 4. The average Bonchev–Trinajstić information content (AvgIpc) is 2.49. The summed E-state index contributed by atoms with van der Waals surface area (Å²) in [6.07, 6.45) is 2.88. The average molecular weight is 224 g/mol. The Morgan fingerprint density at radius 3 is 2.69 bits per heavy atom. The molecule has 1 fully saturated rings. The molecule has 1 aliphatic carbocycles. The largest absolute Gasteiger partial charge is 0.479 e. The maximum Gasteiger partial charge on any atom is 0.331 e. The molecule has 1 aliphatic rings. The molecule has 0 unspecified atom stereocenters. The molecule has 1 saturated carbocycles. The van der Waals surface area contributed by atoms with E-state index in [9.17, 15) is 9.90 Å². The fourth-order valence-corrected chi connectivity index (χ4v) is 2.06. The summed E-state index contributed by atoms with van der Waals surface area (Å²) < 4.78 is 1.51. The molecule has 6 nitrogen and oxygen atoms in total. The van der Waals surface area contributed by atoms with Crippen LogP contribution in [0.3, 0.4) is 0 Å². The van der Waals surface area contributed by atoms with Crippen LogP contribution in [0, 0.1) is 5.92 Å². The molecule has 1 heterocycles. The van der Waals surface area contributed by atoms with E-state index in [0.717, 1.165) is 6.42 Å². The van der Waals surface area contributed by atoms with Crippen LogP contribution in [0.4, 0.5) is 0 Å². The van der Waals surface area contributed by atoms with Crippen LogP contribution in [0.2, 0.25) is 0 Å². The van der Waals surface area contributed by atoms with Crippen LogP contribution in [-0.4, -0.2) is 31.3 Å². The van der Waals surface area contributed by atoms with Crippen LogP contribution >= 0.6 is 0 Å². The van der Waals surface area contributed by atoms with E-state index in [1.165, 1.54) is 4.68 Å². The fourth-order valence-electron chi connectivity index (χ4n) is 2.06. The lowest BCUT2D eigenvalue weighted by molar-refractivity contribution is -0.153. The minimum absolute atomic E-state index is 0.413. The highest BCUT2D eigenvalue weighted by Gasteiger charge is 2.48. The number of aliphatic carboxylic acids is 1. The van der Waals surface area contributed by atoms with Crippen molar-refractivity contribution in [2.24, 2.45) is 5.92 Å². The zero-order chi connectivity index (χ0) is 11.8. The van der Waals surface area contributed by atoms with Gasteiger partial charge >= 0.3 is 5.97 Å². The first-order chi connectivity index (χ1) is 7.56. The molecule has 0 atom stereocenters. The summed E-state index contributed by atoms with van der Waals surface area (Å²) in [4.78, 5) is 11.3. The van der Waals surface area contributed by atoms with Crippen molar-refractivity contribution in [3.63, 3.8) is 0 Å². The molecule has 0 amide bonds. The lowest BCUT2D eigenvalue weighted by atomic mass is 9.76. The van der Waals surface area contributed by atoms with E-state index >= 15 is 0 Å². The number of tetrazole rings is 1. The summed E-state index contributed by atoms with van der Waals surface area (Å²) >= 11 is 0. The maximum absolute atomic E-state index is 11.3. The van der Waals surface area contributed by atoms with Crippen molar-refractivity contribution in [3.8, 4) is 0 Å². The van der Waals surface area contributed by atoms with Crippen molar-refractivity contribution < 1.29 is 9.90 Å². The summed E-state index contributed by atoms with van der Waals surface area (Å²) in [5.74, 6) is 0.267. The molecule has 1 aromatic heterocycles. The smallest absolute Gasteiger partial charge is 0.331 e. The van der Waals surface area contributed by atoms with E-state index in [1.54, 1.807) is 0 Å². The highest BCUT2D eigenvalue weighted by atomic mass is 16.4. The Hall–Kier alpha value is -1.46.